The van der Waals surface area contributed by atoms with Gasteiger partial charge in [0.05, 0.1) is 19.8 Å². The van der Waals surface area contributed by atoms with Gasteiger partial charge in [-0.2, -0.15) is 5.26 Å². The number of nitrogens with one attached hydrogen (secondary N) is 1. The van der Waals surface area contributed by atoms with E-state index in [1.807, 2.05) is 26.0 Å². The molecule has 0 radical (unpaired) electrons. The van der Waals surface area contributed by atoms with E-state index < -0.39 is 5.54 Å². The number of benzene rings is 1. The van der Waals surface area contributed by atoms with Gasteiger partial charge in [-0.25, -0.2) is 0 Å². The van der Waals surface area contributed by atoms with E-state index in [2.05, 4.69) is 24.4 Å². The molecule has 0 aliphatic heterocycles. The molecule has 116 valence electrons. The summed E-state index contributed by atoms with van der Waals surface area (Å²) in [7, 11) is 1.65. The van der Waals surface area contributed by atoms with E-state index >= 15 is 0 Å². The van der Waals surface area contributed by atoms with Crippen molar-refractivity contribution in [2.45, 2.75) is 45.6 Å². The molecule has 0 saturated heterocycles. The molecule has 0 aliphatic carbocycles. The van der Waals surface area contributed by atoms with Crippen LogP contribution in [-0.2, 0) is 6.42 Å². The highest BCUT2D eigenvalue weighted by Crippen LogP contribution is 2.28. The summed E-state index contributed by atoms with van der Waals surface area (Å²) in [6.45, 7) is 7.40. The first-order valence-electron chi connectivity index (χ1n) is 7.54. The molecule has 1 rings (SSSR count). The first kappa shape index (κ1) is 17.3. The van der Waals surface area contributed by atoms with E-state index in [0.29, 0.717) is 6.61 Å². The second-order valence-electron chi connectivity index (χ2n) is 5.27. The van der Waals surface area contributed by atoms with Crippen molar-refractivity contribution in [3.05, 3.63) is 23.8 Å². The summed E-state index contributed by atoms with van der Waals surface area (Å²) in [6.07, 6.45) is 2.54. The van der Waals surface area contributed by atoms with Gasteiger partial charge in [-0.05, 0) is 50.4 Å². The van der Waals surface area contributed by atoms with Crippen molar-refractivity contribution in [2.75, 3.05) is 20.3 Å². The molecule has 1 N–H and O–H groups in total. The largest absolute Gasteiger partial charge is 0.493 e. The van der Waals surface area contributed by atoms with E-state index in [1.165, 1.54) is 5.56 Å². The number of methoxy groups -OCH3 is 1. The number of aryl methyl sites for hydroxylation is 1. The van der Waals surface area contributed by atoms with Crippen LogP contribution in [0.1, 0.15) is 39.2 Å². The van der Waals surface area contributed by atoms with E-state index in [1.54, 1.807) is 7.11 Å². The van der Waals surface area contributed by atoms with Crippen LogP contribution in [0.3, 0.4) is 0 Å². The number of nitrogens with zero attached hydrogens (tertiary/aromatic N) is 1. The molecular weight excluding hydrogens is 264 g/mol. The lowest BCUT2D eigenvalue weighted by Gasteiger charge is -2.22. The summed E-state index contributed by atoms with van der Waals surface area (Å²) in [4.78, 5) is 0. The number of hydrogen-bond acceptors (Lipinski definition) is 4. The zero-order chi connectivity index (χ0) is 15.7. The third kappa shape index (κ3) is 5.28. The Hall–Kier alpha value is -1.73. The van der Waals surface area contributed by atoms with Crippen molar-refractivity contribution < 1.29 is 9.47 Å². The molecule has 1 aromatic carbocycles. The van der Waals surface area contributed by atoms with Crippen LogP contribution in [0.5, 0.6) is 11.5 Å². The molecule has 0 aliphatic rings. The van der Waals surface area contributed by atoms with E-state index in [4.69, 9.17) is 9.47 Å². The minimum atomic E-state index is -0.478. The first-order chi connectivity index (χ1) is 10.1. The van der Waals surface area contributed by atoms with Gasteiger partial charge in [-0.15, -0.1) is 0 Å². The number of ether oxygens (including phenoxy) is 2. The van der Waals surface area contributed by atoms with Crippen LogP contribution in [0, 0.1) is 11.3 Å². The topological polar surface area (TPSA) is 54.3 Å². The summed E-state index contributed by atoms with van der Waals surface area (Å²) in [5.74, 6) is 1.53. The second kappa shape index (κ2) is 8.53. The van der Waals surface area contributed by atoms with Gasteiger partial charge in [-0.1, -0.05) is 19.9 Å². The Labute approximate surface area is 128 Å². The van der Waals surface area contributed by atoms with E-state index in [-0.39, 0.29) is 0 Å². The van der Waals surface area contributed by atoms with Crippen LogP contribution in [0.15, 0.2) is 18.2 Å². The Kier molecular flexibility index (Phi) is 7.04. The van der Waals surface area contributed by atoms with Crippen molar-refractivity contribution in [3.8, 4) is 17.6 Å². The van der Waals surface area contributed by atoms with Gasteiger partial charge in [-0.3, -0.25) is 5.32 Å². The van der Waals surface area contributed by atoms with Crippen molar-refractivity contribution in [1.82, 2.24) is 5.32 Å². The van der Waals surface area contributed by atoms with Crippen molar-refractivity contribution in [2.24, 2.45) is 0 Å². The molecule has 0 fully saturated rings. The minimum absolute atomic E-state index is 0.478. The van der Waals surface area contributed by atoms with Gasteiger partial charge in [0.15, 0.2) is 11.5 Å². The molecule has 0 aromatic heterocycles. The maximum Gasteiger partial charge on any atom is 0.161 e. The highest BCUT2D eigenvalue weighted by molar-refractivity contribution is 5.42. The molecular formula is C17H26N2O2. The summed E-state index contributed by atoms with van der Waals surface area (Å²) in [5, 5.41) is 12.4. The van der Waals surface area contributed by atoms with Crippen LogP contribution in [0.2, 0.25) is 0 Å². The minimum Gasteiger partial charge on any atom is -0.493 e. The fraction of sp³-hybridized carbons (Fsp3) is 0.588. The molecule has 0 spiro atoms. The molecule has 1 unspecified atom stereocenters. The van der Waals surface area contributed by atoms with Gasteiger partial charge in [0, 0.05) is 0 Å². The van der Waals surface area contributed by atoms with Gasteiger partial charge in [0.25, 0.3) is 0 Å². The fourth-order valence-electron chi connectivity index (χ4n) is 2.23. The quantitative estimate of drug-likeness (QED) is 0.709. The standard InChI is InChI=1S/C17H26N2O2/c1-5-14-8-9-15(16(12-14)20-4)21-11-7-10-17(3,13-18)19-6-2/h8-9,12,19H,5-7,10-11H2,1-4H3. The zero-order valence-electron chi connectivity index (χ0n) is 13.5. The van der Waals surface area contributed by atoms with E-state index in [9.17, 15) is 5.26 Å². The lowest BCUT2D eigenvalue weighted by atomic mass is 9.98. The Morgan fingerprint density at radius 1 is 1.29 bits per heavy atom. The lowest BCUT2D eigenvalue weighted by Crippen LogP contribution is -2.40. The third-order valence-electron chi connectivity index (χ3n) is 3.53. The maximum atomic E-state index is 9.20. The number of rotatable bonds is 9. The zero-order valence-corrected chi connectivity index (χ0v) is 13.5. The second-order valence-corrected chi connectivity index (χ2v) is 5.27. The van der Waals surface area contributed by atoms with Crippen LogP contribution >= 0.6 is 0 Å². The normalized spacial score (nSPS) is 13.3. The fourth-order valence-corrected chi connectivity index (χ4v) is 2.23. The SMILES string of the molecule is CCNC(C)(C#N)CCCOc1ccc(CC)cc1OC. The predicted molar refractivity (Wildman–Crippen MR) is 84.8 cm³/mol. The van der Waals surface area contributed by atoms with Gasteiger partial charge in [0.2, 0.25) is 0 Å². The molecule has 4 heteroatoms. The lowest BCUT2D eigenvalue weighted by molar-refractivity contribution is 0.271. The van der Waals surface area contributed by atoms with Gasteiger partial charge >= 0.3 is 0 Å². The summed E-state index contributed by atoms with van der Waals surface area (Å²) >= 11 is 0. The third-order valence-corrected chi connectivity index (χ3v) is 3.53. The smallest absolute Gasteiger partial charge is 0.161 e. The Morgan fingerprint density at radius 3 is 2.62 bits per heavy atom. The van der Waals surface area contributed by atoms with Crippen LogP contribution < -0.4 is 14.8 Å². The average Bonchev–Trinajstić information content (AvgIpc) is 2.51. The van der Waals surface area contributed by atoms with Crippen LogP contribution in [0.4, 0.5) is 0 Å². The van der Waals surface area contributed by atoms with Crippen molar-refractivity contribution in [3.63, 3.8) is 0 Å². The number of nitriles is 1. The molecule has 1 aromatic rings. The highest BCUT2D eigenvalue weighted by atomic mass is 16.5. The molecule has 0 amide bonds. The summed E-state index contributed by atoms with van der Waals surface area (Å²) < 4.78 is 11.1. The molecule has 1 atom stereocenters. The Bertz CT molecular complexity index is 482. The van der Waals surface area contributed by atoms with Crippen molar-refractivity contribution in [1.29, 1.82) is 5.26 Å². The van der Waals surface area contributed by atoms with Gasteiger partial charge < -0.3 is 9.47 Å². The van der Waals surface area contributed by atoms with Crippen LogP contribution in [0.25, 0.3) is 0 Å². The molecule has 21 heavy (non-hydrogen) atoms. The molecule has 4 nitrogen and oxygen atoms in total. The maximum absolute atomic E-state index is 9.20. The van der Waals surface area contributed by atoms with E-state index in [0.717, 1.165) is 37.3 Å². The van der Waals surface area contributed by atoms with Crippen LogP contribution in [-0.4, -0.2) is 25.8 Å². The summed E-state index contributed by atoms with van der Waals surface area (Å²) in [6, 6.07) is 8.33. The monoisotopic (exact) mass is 290 g/mol. The molecule has 0 heterocycles. The van der Waals surface area contributed by atoms with Crippen molar-refractivity contribution >= 4 is 0 Å². The highest BCUT2D eigenvalue weighted by Gasteiger charge is 2.21. The van der Waals surface area contributed by atoms with Gasteiger partial charge in [0.1, 0.15) is 5.54 Å². The number of hydrogen-bond donors (Lipinski definition) is 1. The predicted octanol–water partition coefficient (Wildman–Crippen LogP) is 3.31. The Balaban J connectivity index is 2.51. The molecule has 0 bridgehead atoms. The molecule has 0 saturated carbocycles. The summed E-state index contributed by atoms with van der Waals surface area (Å²) in [5.41, 5.74) is 0.747. The Morgan fingerprint density at radius 2 is 2.05 bits per heavy atom. The first-order valence-corrected chi connectivity index (χ1v) is 7.54. The average molecular weight is 290 g/mol.